The average Bonchev–Trinajstić information content (AvgIpc) is 2.37. The van der Waals surface area contributed by atoms with Gasteiger partial charge in [0, 0.05) is 5.56 Å². The predicted octanol–water partition coefficient (Wildman–Crippen LogP) is 4.57. The summed E-state index contributed by atoms with van der Waals surface area (Å²) in [6.45, 7) is 3.65. The first kappa shape index (κ1) is 12.5. The van der Waals surface area contributed by atoms with Crippen LogP contribution in [0.25, 0.3) is 0 Å². The third kappa shape index (κ3) is 2.66. The summed E-state index contributed by atoms with van der Waals surface area (Å²) in [5.74, 6) is 1.03. The largest absolute Gasteiger partial charge is 0.504 e. The van der Waals surface area contributed by atoms with Crippen molar-refractivity contribution in [3.63, 3.8) is 0 Å². The van der Waals surface area contributed by atoms with E-state index in [1.807, 2.05) is 24.3 Å². The zero-order valence-electron chi connectivity index (χ0n) is 9.77. The van der Waals surface area contributed by atoms with Crippen molar-refractivity contribution in [2.24, 2.45) is 0 Å². The van der Waals surface area contributed by atoms with Crippen LogP contribution in [0.2, 0.25) is 5.02 Å². The highest BCUT2D eigenvalue weighted by Crippen LogP contribution is 2.36. The minimum absolute atomic E-state index is 0.123. The van der Waals surface area contributed by atoms with Crippen LogP contribution in [0.4, 0.5) is 0 Å². The van der Waals surface area contributed by atoms with E-state index in [-0.39, 0.29) is 5.75 Å². The maximum absolute atomic E-state index is 10.1. The van der Waals surface area contributed by atoms with Crippen molar-refractivity contribution < 1.29 is 9.84 Å². The van der Waals surface area contributed by atoms with E-state index in [2.05, 4.69) is 6.58 Å². The first-order chi connectivity index (χ1) is 8.72. The van der Waals surface area contributed by atoms with Crippen molar-refractivity contribution in [2.75, 3.05) is 0 Å². The standard InChI is InChI=1S/C15H13ClO2/c1-2-6-11-7-5-10-14(15(11)17)18-13-9-4-3-8-12(13)16/h2-5,7-10,17H,1,6H2. The number of allylic oxidation sites excluding steroid dienone is 1. The Kier molecular flexibility index (Phi) is 3.90. The molecule has 2 aromatic carbocycles. The lowest BCUT2D eigenvalue weighted by Crippen LogP contribution is -1.89. The Morgan fingerprint density at radius 3 is 2.56 bits per heavy atom. The number of benzene rings is 2. The van der Waals surface area contributed by atoms with Gasteiger partial charge in [0.2, 0.25) is 0 Å². The minimum Gasteiger partial charge on any atom is -0.504 e. The first-order valence-corrected chi connectivity index (χ1v) is 5.94. The van der Waals surface area contributed by atoms with Gasteiger partial charge in [-0.15, -0.1) is 6.58 Å². The zero-order chi connectivity index (χ0) is 13.0. The topological polar surface area (TPSA) is 29.5 Å². The van der Waals surface area contributed by atoms with E-state index in [0.29, 0.717) is 22.9 Å². The van der Waals surface area contributed by atoms with Gasteiger partial charge in [-0.05, 0) is 24.6 Å². The molecule has 0 heterocycles. The van der Waals surface area contributed by atoms with E-state index in [9.17, 15) is 5.11 Å². The number of ether oxygens (including phenoxy) is 1. The summed E-state index contributed by atoms with van der Waals surface area (Å²) in [6.07, 6.45) is 2.32. The molecular formula is C15H13ClO2. The third-order valence-electron chi connectivity index (χ3n) is 2.50. The third-order valence-corrected chi connectivity index (χ3v) is 2.82. The van der Waals surface area contributed by atoms with Crippen LogP contribution >= 0.6 is 11.6 Å². The normalized spacial score (nSPS) is 10.1. The van der Waals surface area contributed by atoms with E-state index < -0.39 is 0 Å². The Morgan fingerprint density at radius 2 is 1.83 bits per heavy atom. The number of hydrogen-bond donors (Lipinski definition) is 1. The molecule has 0 bridgehead atoms. The van der Waals surface area contributed by atoms with Gasteiger partial charge < -0.3 is 9.84 Å². The van der Waals surface area contributed by atoms with Crippen molar-refractivity contribution in [1.82, 2.24) is 0 Å². The smallest absolute Gasteiger partial charge is 0.169 e. The molecule has 0 saturated carbocycles. The van der Waals surface area contributed by atoms with Gasteiger partial charge in [0.05, 0.1) is 5.02 Å². The number of halogens is 1. The summed E-state index contributed by atoms with van der Waals surface area (Å²) in [7, 11) is 0. The molecule has 0 aliphatic heterocycles. The number of para-hydroxylation sites is 2. The van der Waals surface area contributed by atoms with Gasteiger partial charge in [-0.25, -0.2) is 0 Å². The second-order valence-electron chi connectivity index (χ2n) is 3.79. The van der Waals surface area contributed by atoms with Gasteiger partial charge >= 0.3 is 0 Å². The zero-order valence-corrected chi connectivity index (χ0v) is 10.5. The maximum Gasteiger partial charge on any atom is 0.169 e. The Bertz CT molecular complexity index is 564. The van der Waals surface area contributed by atoms with Crippen LogP contribution in [-0.4, -0.2) is 5.11 Å². The molecule has 0 radical (unpaired) electrons. The second kappa shape index (κ2) is 5.61. The molecule has 0 aromatic heterocycles. The van der Waals surface area contributed by atoms with Crippen LogP contribution < -0.4 is 4.74 Å². The molecule has 0 amide bonds. The molecule has 2 nitrogen and oxygen atoms in total. The highest BCUT2D eigenvalue weighted by Gasteiger charge is 2.09. The van der Waals surface area contributed by atoms with Crippen LogP contribution in [0, 0.1) is 0 Å². The van der Waals surface area contributed by atoms with Crippen LogP contribution in [0.1, 0.15) is 5.56 Å². The second-order valence-corrected chi connectivity index (χ2v) is 4.20. The molecule has 0 atom stereocenters. The number of aromatic hydroxyl groups is 1. The van der Waals surface area contributed by atoms with E-state index in [1.54, 1.807) is 24.3 Å². The summed E-state index contributed by atoms with van der Waals surface area (Å²) >= 11 is 6.00. The fraction of sp³-hybridized carbons (Fsp3) is 0.0667. The Hall–Kier alpha value is -1.93. The van der Waals surface area contributed by atoms with E-state index >= 15 is 0 Å². The molecule has 0 spiro atoms. The maximum atomic E-state index is 10.1. The molecule has 2 rings (SSSR count). The van der Waals surface area contributed by atoms with E-state index in [0.717, 1.165) is 5.56 Å². The van der Waals surface area contributed by atoms with E-state index in [1.165, 1.54) is 0 Å². The molecule has 0 aliphatic rings. The average molecular weight is 261 g/mol. The molecule has 2 aromatic rings. The van der Waals surface area contributed by atoms with E-state index in [4.69, 9.17) is 16.3 Å². The van der Waals surface area contributed by atoms with Crippen molar-refractivity contribution in [3.8, 4) is 17.2 Å². The van der Waals surface area contributed by atoms with Crippen LogP contribution in [0.3, 0.4) is 0 Å². The number of phenols is 1. The molecule has 3 heteroatoms. The molecule has 0 fully saturated rings. The number of rotatable bonds is 4. The highest BCUT2D eigenvalue weighted by molar-refractivity contribution is 6.32. The SMILES string of the molecule is C=CCc1cccc(Oc2ccccc2Cl)c1O. The summed E-state index contributed by atoms with van der Waals surface area (Å²) in [6, 6.07) is 12.5. The summed E-state index contributed by atoms with van der Waals surface area (Å²) in [5.41, 5.74) is 0.773. The number of phenolic OH excluding ortho intramolecular Hbond substituents is 1. The minimum atomic E-state index is 0.123. The first-order valence-electron chi connectivity index (χ1n) is 5.56. The Morgan fingerprint density at radius 1 is 1.11 bits per heavy atom. The molecule has 1 N–H and O–H groups in total. The fourth-order valence-electron chi connectivity index (χ4n) is 1.62. The molecule has 0 unspecified atom stereocenters. The Balaban J connectivity index is 2.32. The van der Waals surface area contributed by atoms with Crippen LogP contribution in [-0.2, 0) is 6.42 Å². The molecular weight excluding hydrogens is 248 g/mol. The van der Waals surface area contributed by atoms with Gasteiger partial charge in [0.1, 0.15) is 5.75 Å². The molecule has 18 heavy (non-hydrogen) atoms. The molecule has 92 valence electrons. The molecule has 0 aliphatic carbocycles. The van der Waals surface area contributed by atoms with Gasteiger partial charge in [0.15, 0.2) is 11.5 Å². The Labute approximate surface area is 111 Å². The van der Waals surface area contributed by atoms with Crippen molar-refractivity contribution >= 4 is 11.6 Å². The van der Waals surface area contributed by atoms with Crippen molar-refractivity contribution in [1.29, 1.82) is 0 Å². The molecule has 0 saturated heterocycles. The monoisotopic (exact) mass is 260 g/mol. The van der Waals surface area contributed by atoms with Gasteiger partial charge in [-0.3, -0.25) is 0 Å². The van der Waals surface area contributed by atoms with Crippen molar-refractivity contribution in [2.45, 2.75) is 6.42 Å². The highest BCUT2D eigenvalue weighted by atomic mass is 35.5. The predicted molar refractivity (Wildman–Crippen MR) is 73.5 cm³/mol. The number of hydrogen-bond acceptors (Lipinski definition) is 2. The van der Waals surface area contributed by atoms with Gasteiger partial charge in [-0.1, -0.05) is 41.9 Å². The van der Waals surface area contributed by atoms with Crippen LogP contribution in [0.15, 0.2) is 55.1 Å². The fourth-order valence-corrected chi connectivity index (χ4v) is 1.79. The lowest BCUT2D eigenvalue weighted by atomic mass is 10.1. The summed E-state index contributed by atoms with van der Waals surface area (Å²) in [5, 5.41) is 10.6. The van der Waals surface area contributed by atoms with Crippen molar-refractivity contribution in [3.05, 3.63) is 65.7 Å². The summed E-state index contributed by atoms with van der Waals surface area (Å²) in [4.78, 5) is 0. The quantitative estimate of drug-likeness (QED) is 0.816. The summed E-state index contributed by atoms with van der Waals surface area (Å²) < 4.78 is 5.61. The van der Waals surface area contributed by atoms with Gasteiger partial charge in [0.25, 0.3) is 0 Å². The van der Waals surface area contributed by atoms with Gasteiger partial charge in [-0.2, -0.15) is 0 Å². The lowest BCUT2D eigenvalue weighted by Gasteiger charge is -2.11. The lowest BCUT2D eigenvalue weighted by molar-refractivity contribution is 0.408. The van der Waals surface area contributed by atoms with Crippen LogP contribution in [0.5, 0.6) is 17.2 Å².